The van der Waals surface area contributed by atoms with E-state index in [-0.39, 0.29) is 23.7 Å². The Labute approximate surface area is 140 Å². The highest BCUT2D eigenvalue weighted by Gasteiger charge is 2.35. The third-order valence-corrected chi connectivity index (χ3v) is 4.87. The normalized spacial score (nSPS) is 18.0. The number of nitrogens with zero attached hydrogens (tertiary/aromatic N) is 2. The van der Waals surface area contributed by atoms with E-state index in [4.69, 9.17) is 0 Å². The average Bonchev–Trinajstić information content (AvgIpc) is 3.02. The molecule has 1 aromatic rings. The van der Waals surface area contributed by atoms with Gasteiger partial charge in [0.25, 0.3) is 0 Å². The Morgan fingerprint density at radius 3 is 2.61 bits per heavy atom. The Kier molecular flexibility index (Phi) is 5.82. The second-order valence-corrected chi connectivity index (χ2v) is 6.75. The highest BCUT2D eigenvalue weighted by atomic mass is 32.2. The molecule has 1 aliphatic heterocycles. The molecule has 1 unspecified atom stereocenters. The van der Waals surface area contributed by atoms with Crippen molar-refractivity contribution in [3.8, 4) is 0 Å². The molecule has 0 N–H and O–H groups in total. The summed E-state index contributed by atoms with van der Waals surface area (Å²) in [6.07, 6.45) is 3.08. The summed E-state index contributed by atoms with van der Waals surface area (Å²) in [5.74, 6) is 0.580. The molecule has 23 heavy (non-hydrogen) atoms. The van der Waals surface area contributed by atoms with Crippen molar-refractivity contribution in [2.75, 3.05) is 18.7 Å². The molecule has 0 radical (unpaired) electrons. The highest BCUT2D eigenvalue weighted by molar-refractivity contribution is 7.99. The molecule has 6 heteroatoms. The van der Waals surface area contributed by atoms with Gasteiger partial charge in [-0.2, -0.15) is 0 Å². The van der Waals surface area contributed by atoms with Gasteiger partial charge in [0, 0.05) is 24.9 Å². The van der Waals surface area contributed by atoms with Crippen molar-refractivity contribution in [2.24, 2.45) is 0 Å². The third kappa shape index (κ3) is 4.34. The number of thioether (sulfide) groups is 1. The molecule has 0 saturated carbocycles. The Bertz CT molecular complexity index is 601. The number of carbonyl (C=O) groups excluding carboxylic acids is 2. The molecule has 0 aliphatic carbocycles. The first-order valence-corrected chi connectivity index (χ1v) is 8.64. The van der Waals surface area contributed by atoms with Gasteiger partial charge in [0.1, 0.15) is 11.9 Å². The van der Waals surface area contributed by atoms with Crippen LogP contribution >= 0.6 is 11.8 Å². The van der Waals surface area contributed by atoms with Crippen molar-refractivity contribution in [3.63, 3.8) is 0 Å². The maximum absolute atomic E-state index is 12.9. The third-order valence-electron chi connectivity index (χ3n) is 3.86. The summed E-state index contributed by atoms with van der Waals surface area (Å²) in [4.78, 5) is 28.1. The van der Waals surface area contributed by atoms with Crippen LogP contribution in [0.15, 0.2) is 30.3 Å². The van der Waals surface area contributed by atoms with Crippen LogP contribution in [0.3, 0.4) is 0 Å². The zero-order valence-corrected chi connectivity index (χ0v) is 14.3. The summed E-state index contributed by atoms with van der Waals surface area (Å²) in [5.41, 5.74) is 0.744. The number of halogens is 1. The molecule has 124 valence electrons. The van der Waals surface area contributed by atoms with Gasteiger partial charge in [-0.05, 0) is 37.6 Å². The molecule has 2 rings (SSSR count). The molecule has 2 amide bonds. The van der Waals surface area contributed by atoms with Gasteiger partial charge in [0.05, 0.1) is 5.88 Å². The van der Waals surface area contributed by atoms with Gasteiger partial charge in [-0.3, -0.25) is 9.59 Å². The van der Waals surface area contributed by atoms with Crippen molar-refractivity contribution in [1.82, 2.24) is 9.80 Å². The van der Waals surface area contributed by atoms with Crippen molar-refractivity contribution in [2.45, 2.75) is 25.9 Å². The van der Waals surface area contributed by atoms with Gasteiger partial charge in [0.15, 0.2) is 0 Å². The molecule has 1 heterocycles. The fourth-order valence-electron chi connectivity index (χ4n) is 2.19. The van der Waals surface area contributed by atoms with E-state index < -0.39 is 6.04 Å². The van der Waals surface area contributed by atoms with Crippen molar-refractivity contribution >= 4 is 29.7 Å². The van der Waals surface area contributed by atoms with E-state index in [1.165, 1.54) is 18.2 Å². The van der Waals surface area contributed by atoms with Crippen molar-refractivity contribution in [3.05, 3.63) is 41.7 Å². The van der Waals surface area contributed by atoms with Crippen molar-refractivity contribution < 1.29 is 14.0 Å². The number of rotatable bonds is 4. The van der Waals surface area contributed by atoms with Crippen LogP contribution in [0.5, 0.6) is 0 Å². The summed E-state index contributed by atoms with van der Waals surface area (Å²) >= 11 is 1.57. The minimum Gasteiger partial charge on any atom is -0.342 e. The number of benzene rings is 1. The molecule has 1 atom stereocenters. The topological polar surface area (TPSA) is 40.6 Å². The van der Waals surface area contributed by atoms with Gasteiger partial charge < -0.3 is 9.80 Å². The van der Waals surface area contributed by atoms with Crippen LogP contribution in [0.1, 0.15) is 19.4 Å². The quantitative estimate of drug-likeness (QED) is 0.794. The molecule has 1 saturated heterocycles. The van der Waals surface area contributed by atoms with Crippen LogP contribution in [0.25, 0.3) is 6.08 Å². The van der Waals surface area contributed by atoms with Crippen molar-refractivity contribution in [1.29, 1.82) is 0 Å². The van der Waals surface area contributed by atoms with Crippen LogP contribution in [-0.2, 0) is 9.59 Å². The van der Waals surface area contributed by atoms with Gasteiger partial charge in [-0.15, -0.1) is 11.8 Å². The van der Waals surface area contributed by atoms with Crippen LogP contribution in [0.2, 0.25) is 0 Å². The maximum atomic E-state index is 12.9. The zero-order valence-electron chi connectivity index (χ0n) is 13.5. The molecular formula is C17H21FN2O2S. The van der Waals surface area contributed by atoms with E-state index in [2.05, 4.69) is 0 Å². The Balaban J connectivity index is 2.05. The summed E-state index contributed by atoms with van der Waals surface area (Å²) in [5, 5.41) is 0. The largest absolute Gasteiger partial charge is 0.342 e. The molecule has 0 bridgehead atoms. The second kappa shape index (κ2) is 7.64. The fourth-order valence-corrected chi connectivity index (χ4v) is 3.35. The number of amides is 2. The smallest absolute Gasteiger partial charge is 0.247 e. The van der Waals surface area contributed by atoms with Gasteiger partial charge in [-0.25, -0.2) is 4.39 Å². The molecule has 1 aromatic carbocycles. The molecule has 4 nitrogen and oxygen atoms in total. The number of carbonyl (C=O) groups is 2. The molecule has 1 aliphatic rings. The summed E-state index contributed by atoms with van der Waals surface area (Å²) in [6, 6.07) is 5.58. The Morgan fingerprint density at radius 1 is 1.35 bits per heavy atom. The van der Waals surface area contributed by atoms with E-state index in [1.54, 1.807) is 46.8 Å². The van der Waals surface area contributed by atoms with Crippen LogP contribution in [-0.4, -0.2) is 52.4 Å². The molecule has 1 fully saturated rings. The SMILES string of the molecule is CC(C)N(C)C(=O)C1CSCN1C(=O)/C=C/c1ccc(F)cc1. The summed E-state index contributed by atoms with van der Waals surface area (Å²) in [6.45, 7) is 3.89. The number of hydrogen-bond donors (Lipinski definition) is 0. The van der Waals surface area contributed by atoms with Crippen LogP contribution in [0, 0.1) is 5.82 Å². The fraction of sp³-hybridized carbons (Fsp3) is 0.412. The van der Waals surface area contributed by atoms with E-state index in [0.29, 0.717) is 11.6 Å². The number of likely N-dealkylation sites (N-methyl/N-ethyl adjacent to an activating group) is 1. The van der Waals surface area contributed by atoms with Crippen LogP contribution < -0.4 is 0 Å². The van der Waals surface area contributed by atoms with E-state index in [9.17, 15) is 14.0 Å². The average molecular weight is 336 g/mol. The van der Waals surface area contributed by atoms with Gasteiger partial charge in [-0.1, -0.05) is 12.1 Å². The zero-order chi connectivity index (χ0) is 17.0. The lowest BCUT2D eigenvalue weighted by atomic mass is 10.2. The van der Waals surface area contributed by atoms with E-state index in [1.807, 2.05) is 13.8 Å². The minimum atomic E-state index is -0.419. The highest BCUT2D eigenvalue weighted by Crippen LogP contribution is 2.23. The van der Waals surface area contributed by atoms with Gasteiger partial charge >= 0.3 is 0 Å². The lowest BCUT2D eigenvalue weighted by Crippen LogP contribution is -2.49. The maximum Gasteiger partial charge on any atom is 0.247 e. The Morgan fingerprint density at radius 2 is 2.00 bits per heavy atom. The van der Waals surface area contributed by atoms with Gasteiger partial charge in [0.2, 0.25) is 11.8 Å². The first kappa shape index (κ1) is 17.5. The predicted octanol–water partition coefficient (Wildman–Crippen LogP) is 2.61. The Hall–Kier alpha value is -1.82. The first-order chi connectivity index (χ1) is 10.9. The van der Waals surface area contributed by atoms with E-state index >= 15 is 0 Å². The molecular weight excluding hydrogens is 315 g/mol. The van der Waals surface area contributed by atoms with E-state index in [0.717, 1.165) is 5.56 Å². The number of hydrogen-bond acceptors (Lipinski definition) is 3. The lowest BCUT2D eigenvalue weighted by molar-refractivity contribution is -0.141. The second-order valence-electron chi connectivity index (χ2n) is 5.75. The monoisotopic (exact) mass is 336 g/mol. The molecule has 0 spiro atoms. The summed E-state index contributed by atoms with van der Waals surface area (Å²) in [7, 11) is 1.76. The standard InChI is InChI=1S/C17H21FN2O2S/c1-12(2)19(3)17(22)15-10-23-11-20(15)16(21)9-6-13-4-7-14(18)8-5-13/h4-9,12,15H,10-11H2,1-3H3/b9-6+. The lowest BCUT2D eigenvalue weighted by Gasteiger charge is -2.29. The minimum absolute atomic E-state index is 0.0338. The molecule has 0 aromatic heterocycles. The first-order valence-electron chi connectivity index (χ1n) is 7.49. The predicted molar refractivity (Wildman–Crippen MR) is 91.3 cm³/mol. The van der Waals surface area contributed by atoms with Crippen LogP contribution in [0.4, 0.5) is 4.39 Å². The summed E-state index contributed by atoms with van der Waals surface area (Å²) < 4.78 is 12.9.